The predicted molar refractivity (Wildman–Crippen MR) is 71.1 cm³/mol. The molecular weight excluding hydrogens is 276 g/mol. The number of aryl methyl sites for hydroxylation is 2. The molecule has 0 saturated heterocycles. The van der Waals surface area contributed by atoms with Crippen LogP contribution in [0.25, 0.3) is 9.88 Å². The Morgan fingerprint density at radius 1 is 1.41 bits per heavy atom. The SMILES string of the molecule is Cc1cc(-c2nnc(SCC(=O)O)s2)sc1C. The van der Waals surface area contributed by atoms with Crippen LogP contribution in [0.5, 0.6) is 0 Å². The van der Waals surface area contributed by atoms with Crippen LogP contribution in [0.3, 0.4) is 0 Å². The predicted octanol–water partition coefficient (Wildman–Crippen LogP) is 3.06. The van der Waals surface area contributed by atoms with Gasteiger partial charge in [-0.15, -0.1) is 21.5 Å². The lowest BCUT2D eigenvalue weighted by molar-refractivity contribution is -0.133. The summed E-state index contributed by atoms with van der Waals surface area (Å²) in [4.78, 5) is 12.8. The fourth-order valence-electron chi connectivity index (χ4n) is 1.17. The summed E-state index contributed by atoms with van der Waals surface area (Å²) in [5, 5.41) is 17.5. The van der Waals surface area contributed by atoms with Gasteiger partial charge in [0, 0.05) is 4.88 Å². The van der Waals surface area contributed by atoms with Crippen molar-refractivity contribution in [3.8, 4) is 9.88 Å². The maximum Gasteiger partial charge on any atom is 0.313 e. The van der Waals surface area contributed by atoms with Crippen molar-refractivity contribution in [3.63, 3.8) is 0 Å². The van der Waals surface area contributed by atoms with Crippen LogP contribution in [0.1, 0.15) is 10.4 Å². The van der Waals surface area contributed by atoms with Crippen LogP contribution in [0, 0.1) is 13.8 Å². The topological polar surface area (TPSA) is 63.1 Å². The number of carboxylic acids is 1. The smallest absolute Gasteiger partial charge is 0.313 e. The number of aromatic nitrogens is 2. The van der Waals surface area contributed by atoms with Crippen LogP contribution in [0.15, 0.2) is 10.4 Å². The Hall–Kier alpha value is -0.920. The summed E-state index contributed by atoms with van der Waals surface area (Å²) < 4.78 is 0.700. The molecule has 0 saturated carbocycles. The molecule has 0 spiro atoms. The highest BCUT2D eigenvalue weighted by molar-refractivity contribution is 8.01. The van der Waals surface area contributed by atoms with Gasteiger partial charge in [-0.2, -0.15) is 0 Å². The zero-order valence-electron chi connectivity index (χ0n) is 9.26. The molecule has 2 aromatic heterocycles. The number of hydrogen-bond acceptors (Lipinski definition) is 6. The Morgan fingerprint density at radius 3 is 2.76 bits per heavy atom. The molecule has 0 unspecified atom stereocenters. The molecule has 2 rings (SSSR count). The van der Waals surface area contributed by atoms with Crippen LogP contribution in [-0.4, -0.2) is 27.0 Å². The normalized spacial score (nSPS) is 10.7. The summed E-state index contributed by atoms with van der Waals surface area (Å²) in [5.74, 6) is -0.813. The van der Waals surface area contributed by atoms with Crippen molar-refractivity contribution in [2.24, 2.45) is 0 Å². The van der Waals surface area contributed by atoms with E-state index < -0.39 is 5.97 Å². The second kappa shape index (κ2) is 5.16. The molecule has 7 heteroatoms. The van der Waals surface area contributed by atoms with E-state index in [0.29, 0.717) is 4.34 Å². The number of aliphatic carboxylic acids is 1. The summed E-state index contributed by atoms with van der Waals surface area (Å²) >= 11 is 4.33. The number of nitrogens with zero attached hydrogens (tertiary/aromatic N) is 2. The molecule has 4 nitrogen and oxygen atoms in total. The molecule has 0 aromatic carbocycles. The van der Waals surface area contributed by atoms with Crippen molar-refractivity contribution in [2.75, 3.05) is 5.75 Å². The van der Waals surface area contributed by atoms with Crippen molar-refractivity contribution in [3.05, 3.63) is 16.5 Å². The Kier molecular flexibility index (Phi) is 3.80. The molecule has 0 aliphatic carbocycles. The summed E-state index contributed by atoms with van der Waals surface area (Å²) in [6.07, 6.45) is 0. The van der Waals surface area contributed by atoms with E-state index in [9.17, 15) is 4.79 Å². The fourth-order valence-corrected chi connectivity index (χ4v) is 3.82. The molecule has 2 aromatic rings. The van der Waals surface area contributed by atoms with Crippen molar-refractivity contribution in [1.29, 1.82) is 0 Å². The first-order chi connectivity index (χ1) is 8.06. The number of carboxylic acid groups (broad SMARTS) is 1. The molecule has 2 heterocycles. The number of rotatable bonds is 4. The molecule has 0 amide bonds. The van der Waals surface area contributed by atoms with Crippen LogP contribution in [-0.2, 0) is 4.79 Å². The molecule has 90 valence electrons. The third kappa shape index (κ3) is 3.05. The van der Waals surface area contributed by atoms with Crippen LogP contribution >= 0.6 is 34.4 Å². The summed E-state index contributed by atoms with van der Waals surface area (Å²) in [6.45, 7) is 4.14. The summed E-state index contributed by atoms with van der Waals surface area (Å²) in [5.41, 5.74) is 1.25. The van der Waals surface area contributed by atoms with E-state index in [1.54, 1.807) is 11.3 Å². The lowest BCUT2D eigenvalue weighted by atomic mass is 10.3. The average Bonchev–Trinajstić information content (AvgIpc) is 2.84. The van der Waals surface area contributed by atoms with Gasteiger partial charge in [0.25, 0.3) is 0 Å². The maximum atomic E-state index is 10.4. The second-order valence-corrected chi connectivity index (χ2v) is 6.86. The van der Waals surface area contributed by atoms with E-state index in [2.05, 4.69) is 30.1 Å². The molecular formula is C10H10N2O2S3. The van der Waals surface area contributed by atoms with Gasteiger partial charge in [0.1, 0.15) is 0 Å². The van der Waals surface area contributed by atoms with E-state index >= 15 is 0 Å². The van der Waals surface area contributed by atoms with Crippen molar-refractivity contribution >= 4 is 40.4 Å². The maximum absolute atomic E-state index is 10.4. The van der Waals surface area contributed by atoms with Gasteiger partial charge in [-0.25, -0.2) is 0 Å². The van der Waals surface area contributed by atoms with Crippen LogP contribution < -0.4 is 0 Å². The van der Waals surface area contributed by atoms with E-state index in [-0.39, 0.29) is 5.75 Å². The molecule has 0 radical (unpaired) electrons. The Labute approximate surface area is 111 Å². The minimum absolute atomic E-state index is 0.0249. The highest BCUT2D eigenvalue weighted by Gasteiger charge is 2.11. The zero-order chi connectivity index (χ0) is 12.4. The van der Waals surface area contributed by atoms with Gasteiger partial charge in [-0.3, -0.25) is 4.79 Å². The van der Waals surface area contributed by atoms with E-state index in [4.69, 9.17) is 5.11 Å². The lowest BCUT2D eigenvalue weighted by Gasteiger charge is -1.88. The standard InChI is InChI=1S/C10H10N2O2S3/c1-5-3-7(16-6(5)2)9-11-12-10(17-9)15-4-8(13)14/h3H,4H2,1-2H3,(H,13,14). The first-order valence-electron chi connectivity index (χ1n) is 4.82. The summed E-state index contributed by atoms with van der Waals surface area (Å²) in [6, 6.07) is 2.09. The Morgan fingerprint density at radius 2 is 2.18 bits per heavy atom. The molecule has 0 aliphatic heterocycles. The molecule has 0 bridgehead atoms. The molecule has 0 atom stereocenters. The van der Waals surface area contributed by atoms with Gasteiger partial charge in [0.05, 0.1) is 10.6 Å². The van der Waals surface area contributed by atoms with Gasteiger partial charge in [-0.1, -0.05) is 23.1 Å². The molecule has 1 N–H and O–H groups in total. The van der Waals surface area contributed by atoms with E-state index in [0.717, 1.165) is 9.88 Å². The first kappa shape index (κ1) is 12.5. The third-order valence-corrected chi connectivity index (χ3v) is 5.47. The van der Waals surface area contributed by atoms with Crippen LogP contribution in [0.4, 0.5) is 0 Å². The average molecular weight is 286 g/mol. The quantitative estimate of drug-likeness (QED) is 0.875. The van der Waals surface area contributed by atoms with Gasteiger partial charge in [0.15, 0.2) is 9.35 Å². The lowest BCUT2D eigenvalue weighted by Crippen LogP contribution is -1.96. The number of thiophene rings is 1. The molecule has 17 heavy (non-hydrogen) atoms. The highest BCUT2D eigenvalue weighted by Crippen LogP contribution is 2.34. The van der Waals surface area contributed by atoms with E-state index in [1.807, 2.05) is 0 Å². The number of thioether (sulfide) groups is 1. The van der Waals surface area contributed by atoms with E-state index in [1.165, 1.54) is 33.5 Å². The minimum Gasteiger partial charge on any atom is -0.481 e. The largest absolute Gasteiger partial charge is 0.481 e. The van der Waals surface area contributed by atoms with Crippen molar-refractivity contribution in [1.82, 2.24) is 10.2 Å². The fraction of sp³-hybridized carbons (Fsp3) is 0.300. The highest BCUT2D eigenvalue weighted by atomic mass is 32.2. The van der Waals surface area contributed by atoms with Gasteiger partial charge in [0.2, 0.25) is 0 Å². The Bertz CT molecular complexity index is 528. The molecule has 0 aliphatic rings. The van der Waals surface area contributed by atoms with Crippen LogP contribution in [0.2, 0.25) is 0 Å². The zero-order valence-corrected chi connectivity index (χ0v) is 11.7. The second-order valence-electron chi connectivity index (χ2n) is 3.41. The number of hydrogen-bond donors (Lipinski definition) is 1. The van der Waals surface area contributed by atoms with Gasteiger partial charge < -0.3 is 5.11 Å². The Balaban J connectivity index is 2.15. The minimum atomic E-state index is -0.838. The first-order valence-corrected chi connectivity index (χ1v) is 7.43. The van der Waals surface area contributed by atoms with Gasteiger partial charge in [-0.05, 0) is 25.5 Å². The van der Waals surface area contributed by atoms with Crippen molar-refractivity contribution < 1.29 is 9.90 Å². The number of carbonyl (C=O) groups is 1. The van der Waals surface area contributed by atoms with Gasteiger partial charge >= 0.3 is 5.97 Å². The third-order valence-electron chi connectivity index (χ3n) is 2.10. The van der Waals surface area contributed by atoms with Crippen molar-refractivity contribution in [2.45, 2.75) is 18.2 Å². The monoisotopic (exact) mass is 286 g/mol. The molecule has 0 fully saturated rings. The summed E-state index contributed by atoms with van der Waals surface area (Å²) in [7, 11) is 0.